The van der Waals surface area contributed by atoms with Gasteiger partial charge in [-0.15, -0.1) is 0 Å². The molecule has 0 fully saturated rings. The molecule has 0 heterocycles. The van der Waals surface area contributed by atoms with E-state index in [1.54, 1.807) is 18.2 Å². The molecule has 134 valence electrons. The fourth-order valence-electron chi connectivity index (χ4n) is 2.10. The van der Waals surface area contributed by atoms with E-state index < -0.39 is 39.6 Å². The molecular formula is C16H23NO6S. The average Bonchev–Trinajstić information content (AvgIpc) is 2.51. The Morgan fingerprint density at radius 2 is 1.75 bits per heavy atom. The highest BCUT2D eigenvalue weighted by Gasteiger charge is 2.26. The number of carboxylic acids is 1. The summed E-state index contributed by atoms with van der Waals surface area (Å²) in [6, 6.07) is 6.30. The molecule has 0 unspecified atom stereocenters. The predicted molar refractivity (Wildman–Crippen MR) is 88.1 cm³/mol. The third-order valence-electron chi connectivity index (χ3n) is 3.39. The predicted octanol–water partition coefficient (Wildman–Crippen LogP) is 0.827. The molecule has 0 radical (unpaired) electrons. The molecule has 0 aromatic heterocycles. The number of hydrogen-bond acceptors (Lipinski definition) is 5. The molecule has 1 amide bonds. The largest absolute Gasteiger partial charge is 0.480 e. The van der Waals surface area contributed by atoms with Crippen molar-refractivity contribution in [2.45, 2.75) is 43.7 Å². The molecular weight excluding hydrogens is 334 g/mol. The van der Waals surface area contributed by atoms with Gasteiger partial charge < -0.3 is 15.5 Å². The summed E-state index contributed by atoms with van der Waals surface area (Å²) in [6.45, 7) is 3.63. The highest BCUT2D eigenvalue weighted by Crippen LogP contribution is 2.12. The van der Waals surface area contributed by atoms with Gasteiger partial charge in [0.2, 0.25) is 5.91 Å². The summed E-state index contributed by atoms with van der Waals surface area (Å²) in [5, 5.41) is 21.1. The third kappa shape index (κ3) is 6.29. The normalized spacial score (nSPS) is 14.2. The van der Waals surface area contributed by atoms with Crippen molar-refractivity contribution in [2.24, 2.45) is 5.92 Å². The zero-order valence-corrected chi connectivity index (χ0v) is 14.5. The molecule has 0 saturated carbocycles. The first-order valence-corrected chi connectivity index (χ1v) is 9.27. The maximum atomic E-state index is 12.2. The molecule has 0 aliphatic heterocycles. The first-order valence-electron chi connectivity index (χ1n) is 7.62. The van der Waals surface area contributed by atoms with Crippen LogP contribution in [0.5, 0.6) is 0 Å². The summed E-state index contributed by atoms with van der Waals surface area (Å²) in [7, 11) is -3.64. The summed E-state index contributed by atoms with van der Waals surface area (Å²) in [6.07, 6.45) is -1.41. The minimum absolute atomic E-state index is 0.0625. The van der Waals surface area contributed by atoms with Gasteiger partial charge in [0.25, 0.3) is 0 Å². The van der Waals surface area contributed by atoms with Gasteiger partial charge in [-0.05, 0) is 30.9 Å². The van der Waals surface area contributed by atoms with Crippen LogP contribution in [-0.4, -0.2) is 48.4 Å². The fraction of sp³-hybridized carbons (Fsp3) is 0.500. The number of benzene rings is 1. The van der Waals surface area contributed by atoms with Crippen LogP contribution in [0.4, 0.5) is 0 Å². The Hall–Kier alpha value is -1.93. The van der Waals surface area contributed by atoms with Gasteiger partial charge in [-0.2, -0.15) is 0 Å². The Balaban J connectivity index is 2.70. The molecule has 2 atom stereocenters. The van der Waals surface area contributed by atoms with Crippen LogP contribution in [0.15, 0.2) is 35.2 Å². The van der Waals surface area contributed by atoms with Gasteiger partial charge >= 0.3 is 5.97 Å². The molecule has 24 heavy (non-hydrogen) atoms. The smallest absolute Gasteiger partial charge is 0.326 e. The van der Waals surface area contributed by atoms with Gasteiger partial charge in [0.15, 0.2) is 9.84 Å². The Kier molecular flexibility index (Phi) is 7.37. The summed E-state index contributed by atoms with van der Waals surface area (Å²) >= 11 is 0. The van der Waals surface area contributed by atoms with Crippen molar-refractivity contribution in [2.75, 3.05) is 5.75 Å². The average molecular weight is 357 g/mol. The van der Waals surface area contributed by atoms with Crippen molar-refractivity contribution in [3.63, 3.8) is 0 Å². The van der Waals surface area contributed by atoms with Crippen LogP contribution in [0.25, 0.3) is 0 Å². The second-order valence-corrected chi connectivity index (χ2v) is 8.07. The zero-order valence-electron chi connectivity index (χ0n) is 13.7. The Morgan fingerprint density at radius 3 is 2.25 bits per heavy atom. The third-order valence-corrected chi connectivity index (χ3v) is 5.15. The first-order chi connectivity index (χ1) is 11.1. The highest BCUT2D eigenvalue weighted by molar-refractivity contribution is 7.91. The summed E-state index contributed by atoms with van der Waals surface area (Å²) in [4.78, 5) is 23.2. The van der Waals surface area contributed by atoms with Gasteiger partial charge in [-0.3, -0.25) is 4.79 Å². The number of carboxylic acid groups (broad SMARTS) is 1. The van der Waals surface area contributed by atoms with Crippen molar-refractivity contribution < 1.29 is 28.2 Å². The van der Waals surface area contributed by atoms with Gasteiger partial charge in [-0.1, -0.05) is 32.0 Å². The lowest BCUT2D eigenvalue weighted by Gasteiger charge is -2.18. The standard InChI is InChI=1S/C16H23NO6S/c1-11(2)10-14(18)15(19)17-13(16(20)21)8-9-24(22,23)12-6-4-3-5-7-12/h3-7,11,13-14,18H,8-10H2,1-2H3,(H,17,19)(H,20,21)/t13-,14-/m0/s1. The topological polar surface area (TPSA) is 121 Å². The number of carbonyl (C=O) groups is 2. The van der Waals surface area contributed by atoms with E-state index >= 15 is 0 Å². The maximum absolute atomic E-state index is 12.2. The number of sulfone groups is 1. The van der Waals surface area contributed by atoms with Gasteiger partial charge in [-0.25, -0.2) is 13.2 Å². The van der Waals surface area contributed by atoms with E-state index in [0.29, 0.717) is 0 Å². The molecule has 1 aromatic rings. The van der Waals surface area contributed by atoms with Crippen LogP contribution in [0.1, 0.15) is 26.7 Å². The SMILES string of the molecule is CC(C)C[C@H](O)C(=O)N[C@@H](CCS(=O)(=O)c1ccccc1)C(=O)O. The highest BCUT2D eigenvalue weighted by atomic mass is 32.2. The minimum atomic E-state index is -3.64. The second-order valence-electron chi connectivity index (χ2n) is 5.97. The summed E-state index contributed by atoms with van der Waals surface area (Å²) in [5.74, 6) is -2.52. The number of rotatable bonds is 9. The van der Waals surface area contributed by atoms with E-state index in [9.17, 15) is 23.1 Å². The molecule has 0 spiro atoms. The number of amides is 1. The lowest BCUT2D eigenvalue weighted by atomic mass is 10.1. The van der Waals surface area contributed by atoms with Crippen molar-refractivity contribution in [1.82, 2.24) is 5.32 Å². The number of aliphatic carboxylic acids is 1. The molecule has 1 rings (SSSR count). The van der Waals surface area contributed by atoms with Gasteiger partial charge in [0.05, 0.1) is 10.6 Å². The summed E-state index contributed by atoms with van der Waals surface area (Å²) < 4.78 is 24.3. The first kappa shape index (κ1) is 20.1. The maximum Gasteiger partial charge on any atom is 0.326 e. The van der Waals surface area contributed by atoms with E-state index in [1.807, 2.05) is 13.8 Å². The zero-order chi connectivity index (χ0) is 18.3. The molecule has 7 nitrogen and oxygen atoms in total. The molecule has 0 saturated heterocycles. The number of aliphatic hydroxyl groups is 1. The Morgan fingerprint density at radius 1 is 1.17 bits per heavy atom. The number of aliphatic hydroxyl groups excluding tert-OH is 1. The van der Waals surface area contributed by atoms with Crippen molar-refractivity contribution in [1.29, 1.82) is 0 Å². The van der Waals surface area contributed by atoms with E-state index in [2.05, 4.69) is 5.32 Å². The van der Waals surface area contributed by atoms with Crippen molar-refractivity contribution in [3.05, 3.63) is 30.3 Å². The fourth-order valence-corrected chi connectivity index (χ4v) is 3.45. The molecule has 8 heteroatoms. The molecule has 0 bridgehead atoms. The molecule has 3 N–H and O–H groups in total. The van der Waals surface area contributed by atoms with Crippen molar-refractivity contribution >= 4 is 21.7 Å². The van der Waals surface area contributed by atoms with Crippen LogP contribution in [-0.2, 0) is 19.4 Å². The van der Waals surface area contributed by atoms with Crippen molar-refractivity contribution in [3.8, 4) is 0 Å². The van der Waals surface area contributed by atoms with Crippen LogP contribution >= 0.6 is 0 Å². The number of nitrogens with one attached hydrogen (secondary N) is 1. The minimum Gasteiger partial charge on any atom is -0.480 e. The van der Waals surface area contributed by atoms with E-state index in [1.165, 1.54) is 12.1 Å². The van der Waals surface area contributed by atoms with E-state index in [4.69, 9.17) is 5.11 Å². The Bertz CT molecular complexity index is 656. The lowest BCUT2D eigenvalue weighted by molar-refractivity contribution is -0.143. The number of carbonyl (C=O) groups excluding carboxylic acids is 1. The monoisotopic (exact) mass is 357 g/mol. The quantitative estimate of drug-likeness (QED) is 0.602. The van der Waals surface area contributed by atoms with Crippen LogP contribution in [0.2, 0.25) is 0 Å². The van der Waals surface area contributed by atoms with Gasteiger partial charge in [0, 0.05) is 0 Å². The van der Waals surface area contributed by atoms with Crippen LogP contribution in [0.3, 0.4) is 0 Å². The van der Waals surface area contributed by atoms with Crippen LogP contribution < -0.4 is 5.32 Å². The van der Waals surface area contributed by atoms with E-state index in [0.717, 1.165) is 0 Å². The lowest BCUT2D eigenvalue weighted by Crippen LogP contribution is -2.46. The van der Waals surface area contributed by atoms with Gasteiger partial charge in [0.1, 0.15) is 12.1 Å². The second kappa shape index (κ2) is 8.79. The molecule has 1 aromatic carbocycles. The summed E-state index contributed by atoms with van der Waals surface area (Å²) in [5.41, 5.74) is 0. The number of hydrogen-bond donors (Lipinski definition) is 3. The molecule has 0 aliphatic rings. The molecule has 0 aliphatic carbocycles. The van der Waals surface area contributed by atoms with E-state index in [-0.39, 0.29) is 23.7 Å². The van der Waals surface area contributed by atoms with Crippen LogP contribution in [0, 0.1) is 5.92 Å². The Labute approximate surface area is 141 Å².